The number of hydrogen-bond acceptors (Lipinski definition) is 2. The van der Waals surface area contributed by atoms with Crippen LogP contribution < -0.4 is 0 Å². The van der Waals surface area contributed by atoms with Crippen LogP contribution in [0.25, 0.3) is 0 Å². The second-order valence-corrected chi connectivity index (χ2v) is 4.55. The normalized spacial score (nSPS) is 13.7. The number of carbonyl (C=O) groups excluding carboxylic acids is 1. The number of ether oxygens (including phenoxy) is 1. The Labute approximate surface area is 115 Å². The third-order valence-electron chi connectivity index (χ3n) is 2.37. The van der Waals surface area contributed by atoms with Crippen LogP contribution in [0.5, 0.6) is 0 Å². The van der Waals surface area contributed by atoms with Crippen molar-refractivity contribution < 1.29 is 9.53 Å². The number of unbranched alkanes of at least 4 members (excludes halogenated alkanes) is 3. The molecule has 0 heterocycles. The summed E-state index contributed by atoms with van der Waals surface area (Å²) in [7, 11) is 1.35. The predicted octanol–water partition coefficient (Wildman–Crippen LogP) is 4.41. The lowest BCUT2D eigenvalue weighted by Gasteiger charge is -1.97. The number of allylic oxidation sites excluding steroid dienone is 5. The van der Waals surface area contributed by atoms with Crippen molar-refractivity contribution in [3.05, 3.63) is 36.5 Å². The molecule has 0 saturated heterocycles. The first kappa shape index (κ1) is 17.0. The monoisotopic (exact) mass is 270 g/mol. The summed E-state index contributed by atoms with van der Waals surface area (Å²) in [5.41, 5.74) is 0. The molecule has 0 N–H and O–H groups in total. The lowest BCUT2D eigenvalue weighted by Crippen LogP contribution is -1.93. The van der Waals surface area contributed by atoms with Crippen molar-refractivity contribution in [1.82, 2.24) is 0 Å². The van der Waals surface area contributed by atoms with E-state index in [1.807, 2.05) is 6.08 Å². The minimum absolute atomic E-state index is 0.0327. The van der Waals surface area contributed by atoms with Crippen LogP contribution in [0.15, 0.2) is 36.5 Å². The summed E-state index contributed by atoms with van der Waals surface area (Å²) in [4.78, 5) is 10.8. The predicted molar refractivity (Wildman–Crippen MR) is 77.8 cm³/mol. The highest BCUT2D eigenvalue weighted by Gasteiger charge is 1.94. The molecule has 0 spiro atoms. The average molecular weight is 271 g/mol. The van der Waals surface area contributed by atoms with E-state index in [0.717, 1.165) is 12.8 Å². The van der Waals surface area contributed by atoms with Crippen molar-refractivity contribution in [2.75, 3.05) is 7.11 Å². The summed E-state index contributed by atoms with van der Waals surface area (Å²) in [5, 5.41) is -0.0327. The van der Waals surface area contributed by atoms with Crippen LogP contribution in [-0.2, 0) is 9.53 Å². The van der Waals surface area contributed by atoms with Gasteiger partial charge in [0, 0.05) is 6.08 Å². The molecule has 0 fully saturated rings. The van der Waals surface area contributed by atoms with Crippen LogP contribution in [0, 0.1) is 0 Å². The molecule has 0 amide bonds. The van der Waals surface area contributed by atoms with Gasteiger partial charge in [0.05, 0.1) is 12.5 Å². The number of esters is 1. The van der Waals surface area contributed by atoms with Crippen molar-refractivity contribution in [1.29, 1.82) is 0 Å². The zero-order valence-corrected chi connectivity index (χ0v) is 12.0. The number of alkyl halides is 1. The third kappa shape index (κ3) is 11.5. The Hall–Kier alpha value is -1.02. The zero-order chi connectivity index (χ0) is 13.6. The molecule has 102 valence electrons. The van der Waals surface area contributed by atoms with E-state index in [1.54, 1.807) is 12.2 Å². The maximum Gasteiger partial charge on any atom is 0.330 e. The zero-order valence-electron chi connectivity index (χ0n) is 11.3. The smallest absolute Gasteiger partial charge is 0.330 e. The number of methoxy groups -OCH3 is 1. The molecule has 0 aromatic carbocycles. The van der Waals surface area contributed by atoms with Gasteiger partial charge in [-0.1, -0.05) is 50.1 Å². The van der Waals surface area contributed by atoms with Gasteiger partial charge in [0.2, 0.25) is 0 Å². The number of hydrogen-bond donors (Lipinski definition) is 0. The lowest BCUT2D eigenvalue weighted by molar-refractivity contribution is -0.134. The number of carbonyl (C=O) groups is 1. The molecule has 0 bridgehead atoms. The summed E-state index contributed by atoms with van der Waals surface area (Å²) >= 11 is 6.08. The van der Waals surface area contributed by atoms with E-state index in [1.165, 1.54) is 32.4 Å². The molecule has 0 aliphatic carbocycles. The molecule has 1 atom stereocenters. The van der Waals surface area contributed by atoms with Gasteiger partial charge in [0.15, 0.2) is 0 Å². The Morgan fingerprint density at radius 1 is 1.28 bits per heavy atom. The van der Waals surface area contributed by atoms with Crippen LogP contribution >= 0.6 is 11.6 Å². The third-order valence-corrected chi connectivity index (χ3v) is 2.69. The van der Waals surface area contributed by atoms with Gasteiger partial charge < -0.3 is 4.74 Å². The van der Waals surface area contributed by atoms with Crippen molar-refractivity contribution in [2.24, 2.45) is 0 Å². The summed E-state index contributed by atoms with van der Waals surface area (Å²) < 4.78 is 4.47. The molecule has 1 unspecified atom stereocenters. The standard InChI is InChI=1S/C15H23ClO2/c1-3-4-5-6-7-8-11-14(16)12-9-10-13-15(17)18-2/h7-10,12-14H,3-6,11H2,1-2H3/b8-7+,12-9+,13-10+. The molecule has 0 aromatic heterocycles. The molecular formula is C15H23ClO2. The number of halogens is 1. The van der Waals surface area contributed by atoms with Crippen LogP contribution in [-0.4, -0.2) is 18.5 Å². The highest BCUT2D eigenvalue weighted by molar-refractivity contribution is 6.21. The Morgan fingerprint density at radius 3 is 2.72 bits per heavy atom. The maximum absolute atomic E-state index is 10.8. The Bertz CT molecular complexity index is 293. The van der Waals surface area contributed by atoms with Crippen LogP contribution in [0.3, 0.4) is 0 Å². The van der Waals surface area contributed by atoms with Gasteiger partial charge in [-0.2, -0.15) is 0 Å². The van der Waals surface area contributed by atoms with E-state index in [2.05, 4.69) is 23.8 Å². The van der Waals surface area contributed by atoms with Gasteiger partial charge in [-0.3, -0.25) is 0 Å². The first-order valence-corrected chi connectivity index (χ1v) is 6.86. The Balaban J connectivity index is 3.69. The topological polar surface area (TPSA) is 26.3 Å². The molecular weight excluding hydrogens is 248 g/mol. The van der Waals surface area contributed by atoms with Crippen molar-refractivity contribution in [3.8, 4) is 0 Å². The molecule has 18 heavy (non-hydrogen) atoms. The molecule has 2 nitrogen and oxygen atoms in total. The van der Waals surface area contributed by atoms with Gasteiger partial charge in [-0.05, 0) is 19.3 Å². The minimum Gasteiger partial charge on any atom is -0.466 e. The summed E-state index contributed by atoms with van der Waals surface area (Å²) in [6.45, 7) is 2.20. The molecule has 0 saturated carbocycles. The van der Waals surface area contributed by atoms with Gasteiger partial charge in [0.25, 0.3) is 0 Å². The second kappa shape index (κ2) is 12.4. The van der Waals surface area contributed by atoms with E-state index in [-0.39, 0.29) is 11.3 Å². The van der Waals surface area contributed by atoms with Crippen LogP contribution in [0.1, 0.15) is 39.0 Å². The van der Waals surface area contributed by atoms with Crippen molar-refractivity contribution in [3.63, 3.8) is 0 Å². The SMILES string of the molecule is CCCCC/C=C/CC(Cl)/C=C/C=C/C(=O)OC. The van der Waals surface area contributed by atoms with Crippen LogP contribution in [0.4, 0.5) is 0 Å². The van der Waals surface area contributed by atoms with Gasteiger partial charge >= 0.3 is 5.97 Å². The van der Waals surface area contributed by atoms with Crippen molar-refractivity contribution >= 4 is 17.6 Å². The summed E-state index contributed by atoms with van der Waals surface area (Å²) in [6.07, 6.45) is 16.6. The van der Waals surface area contributed by atoms with E-state index in [0.29, 0.717) is 0 Å². The quantitative estimate of drug-likeness (QED) is 0.155. The van der Waals surface area contributed by atoms with Gasteiger partial charge in [0.1, 0.15) is 0 Å². The van der Waals surface area contributed by atoms with E-state index < -0.39 is 0 Å². The Morgan fingerprint density at radius 2 is 2.06 bits per heavy atom. The average Bonchev–Trinajstić information content (AvgIpc) is 2.38. The fourth-order valence-electron chi connectivity index (χ4n) is 1.32. The molecule has 0 aliphatic rings. The second-order valence-electron chi connectivity index (χ2n) is 3.99. The molecule has 0 aliphatic heterocycles. The maximum atomic E-state index is 10.8. The van der Waals surface area contributed by atoms with Crippen molar-refractivity contribution in [2.45, 2.75) is 44.4 Å². The molecule has 0 aromatic rings. The Kier molecular flexibility index (Phi) is 11.7. The van der Waals surface area contributed by atoms with E-state index >= 15 is 0 Å². The summed E-state index contributed by atoms with van der Waals surface area (Å²) in [5.74, 6) is -0.360. The minimum atomic E-state index is -0.360. The number of rotatable bonds is 9. The molecule has 0 rings (SSSR count). The highest BCUT2D eigenvalue weighted by Crippen LogP contribution is 2.07. The van der Waals surface area contributed by atoms with E-state index in [9.17, 15) is 4.79 Å². The van der Waals surface area contributed by atoms with E-state index in [4.69, 9.17) is 11.6 Å². The first-order chi connectivity index (χ1) is 8.70. The molecule has 3 heteroatoms. The lowest BCUT2D eigenvalue weighted by atomic mass is 10.2. The van der Waals surface area contributed by atoms with Gasteiger partial charge in [-0.25, -0.2) is 4.79 Å². The fraction of sp³-hybridized carbons (Fsp3) is 0.533. The highest BCUT2D eigenvalue weighted by atomic mass is 35.5. The van der Waals surface area contributed by atoms with Crippen LogP contribution in [0.2, 0.25) is 0 Å². The fourth-order valence-corrected chi connectivity index (χ4v) is 1.51. The first-order valence-electron chi connectivity index (χ1n) is 6.42. The van der Waals surface area contributed by atoms with Gasteiger partial charge in [-0.15, -0.1) is 11.6 Å². The summed E-state index contributed by atoms with van der Waals surface area (Å²) in [6, 6.07) is 0. The molecule has 0 radical (unpaired) electrons. The largest absolute Gasteiger partial charge is 0.466 e.